The summed E-state index contributed by atoms with van der Waals surface area (Å²) in [5.74, 6) is -0.757. The van der Waals surface area contributed by atoms with Gasteiger partial charge >= 0.3 is 5.97 Å². The molecule has 0 fully saturated rings. The molecule has 0 bridgehead atoms. The normalized spacial score (nSPS) is 11.9. The highest BCUT2D eigenvalue weighted by molar-refractivity contribution is 7.92. The lowest BCUT2D eigenvalue weighted by Gasteiger charge is -2.10. The number of anilines is 1. The number of rotatable bonds is 6. The van der Waals surface area contributed by atoms with E-state index in [0.29, 0.717) is 16.8 Å². The summed E-state index contributed by atoms with van der Waals surface area (Å²) in [6.07, 6.45) is 0.860. The Bertz CT molecular complexity index is 1100. The average Bonchev–Trinajstić information content (AvgIpc) is 2.92. The van der Waals surface area contributed by atoms with E-state index in [2.05, 4.69) is 23.6 Å². The summed E-state index contributed by atoms with van der Waals surface area (Å²) in [5.41, 5.74) is 2.38. The number of carbonyl (C=O) groups is 1. The van der Waals surface area contributed by atoms with E-state index in [9.17, 15) is 18.3 Å². The van der Waals surface area contributed by atoms with E-state index in [4.69, 9.17) is 0 Å². The van der Waals surface area contributed by atoms with Crippen LogP contribution in [0.5, 0.6) is 0 Å². The number of sulfonamides is 1. The third-order valence-electron chi connectivity index (χ3n) is 4.28. The van der Waals surface area contributed by atoms with Crippen LogP contribution in [0.4, 0.5) is 5.69 Å². The molecule has 7 heteroatoms. The molecule has 3 N–H and O–H groups in total. The number of carboxylic acids is 1. The molecule has 1 heterocycles. The molecule has 27 heavy (non-hydrogen) atoms. The zero-order valence-corrected chi connectivity index (χ0v) is 16.2. The molecule has 3 rings (SSSR count). The number of nitrogens with one attached hydrogen (secondary N) is 2. The van der Waals surface area contributed by atoms with E-state index in [1.54, 1.807) is 36.4 Å². The molecule has 2 aromatic carbocycles. The highest BCUT2D eigenvalue weighted by Crippen LogP contribution is 2.31. The predicted octanol–water partition coefficient (Wildman–Crippen LogP) is 4.17. The fourth-order valence-corrected chi connectivity index (χ4v) is 4.13. The summed E-state index contributed by atoms with van der Waals surface area (Å²) in [6.45, 7) is 6.05. The molecule has 0 saturated carbocycles. The van der Waals surface area contributed by atoms with Gasteiger partial charge in [0, 0.05) is 10.9 Å². The van der Waals surface area contributed by atoms with Crippen molar-refractivity contribution in [1.82, 2.24) is 4.98 Å². The number of fused-ring (bicyclic) bond motifs is 1. The monoisotopic (exact) mass is 386 g/mol. The van der Waals surface area contributed by atoms with Gasteiger partial charge in [-0.2, -0.15) is 0 Å². The lowest BCUT2D eigenvalue weighted by atomic mass is 10.0. The number of aryl methyl sites for hydroxylation is 1. The lowest BCUT2D eigenvalue weighted by Crippen LogP contribution is -2.15. The van der Waals surface area contributed by atoms with Crippen LogP contribution in [0.2, 0.25) is 0 Å². The van der Waals surface area contributed by atoms with Gasteiger partial charge in [0.2, 0.25) is 0 Å². The molecule has 0 spiro atoms. The number of H-pyrrole nitrogens is 1. The van der Waals surface area contributed by atoms with Crippen molar-refractivity contribution in [2.75, 3.05) is 4.72 Å². The number of aromatic amines is 1. The molecule has 6 nitrogen and oxygen atoms in total. The predicted molar refractivity (Wildman–Crippen MR) is 106 cm³/mol. The fourth-order valence-electron chi connectivity index (χ4n) is 3.04. The number of hydrogen-bond acceptors (Lipinski definition) is 3. The van der Waals surface area contributed by atoms with Gasteiger partial charge in [-0.15, -0.1) is 0 Å². The molecule has 0 aliphatic heterocycles. The standard InChI is InChI=1S/C20H22N2O4S/c1-12(2)10-14-5-7-15(8-6-14)27(25,26)22-18-16-11-13(3)4-9-17(16)21-19(18)20(23)24/h4-9,11-12,21-22H,10H2,1-3H3,(H,23,24). The number of aromatic nitrogens is 1. The number of carboxylic acid groups (broad SMARTS) is 1. The van der Waals surface area contributed by atoms with E-state index >= 15 is 0 Å². The van der Waals surface area contributed by atoms with E-state index in [1.165, 1.54) is 0 Å². The Kier molecular flexibility index (Phi) is 4.97. The second-order valence-corrected chi connectivity index (χ2v) is 8.76. The summed E-state index contributed by atoms with van der Waals surface area (Å²) in [7, 11) is -3.92. The second-order valence-electron chi connectivity index (χ2n) is 7.08. The van der Waals surface area contributed by atoms with Crippen molar-refractivity contribution in [3.8, 4) is 0 Å². The molecular formula is C20H22N2O4S. The number of hydrogen-bond donors (Lipinski definition) is 3. The number of benzene rings is 2. The summed E-state index contributed by atoms with van der Waals surface area (Å²) < 4.78 is 28.1. The highest BCUT2D eigenvalue weighted by atomic mass is 32.2. The zero-order chi connectivity index (χ0) is 19.8. The van der Waals surface area contributed by atoms with Crippen molar-refractivity contribution in [1.29, 1.82) is 0 Å². The Morgan fingerprint density at radius 3 is 2.41 bits per heavy atom. The molecule has 0 unspecified atom stereocenters. The third kappa shape index (κ3) is 3.98. The highest BCUT2D eigenvalue weighted by Gasteiger charge is 2.23. The second kappa shape index (κ2) is 7.08. The van der Waals surface area contributed by atoms with Gasteiger partial charge in [0.15, 0.2) is 0 Å². The Balaban J connectivity index is 2.01. The van der Waals surface area contributed by atoms with Crippen LogP contribution in [-0.4, -0.2) is 24.5 Å². The van der Waals surface area contributed by atoms with Crippen LogP contribution in [-0.2, 0) is 16.4 Å². The van der Waals surface area contributed by atoms with Gasteiger partial charge in [-0.25, -0.2) is 13.2 Å². The molecule has 0 aliphatic carbocycles. The quantitative estimate of drug-likeness (QED) is 0.592. The maximum Gasteiger partial charge on any atom is 0.354 e. The minimum Gasteiger partial charge on any atom is -0.477 e. The molecule has 142 valence electrons. The van der Waals surface area contributed by atoms with Gasteiger partial charge in [-0.3, -0.25) is 4.72 Å². The third-order valence-corrected chi connectivity index (χ3v) is 5.65. The van der Waals surface area contributed by atoms with Crippen molar-refractivity contribution in [3.63, 3.8) is 0 Å². The smallest absolute Gasteiger partial charge is 0.354 e. The van der Waals surface area contributed by atoms with Gasteiger partial charge in [-0.1, -0.05) is 37.6 Å². The molecule has 0 aliphatic rings. The topological polar surface area (TPSA) is 99.3 Å². The van der Waals surface area contributed by atoms with Gasteiger partial charge in [0.1, 0.15) is 5.69 Å². The van der Waals surface area contributed by atoms with Crippen molar-refractivity contribution < 1.29 is 18.3 Å². The van der Waals surface area contributed by atoms with Gasteiger partial charge in [-0.05, 0) is 49.1 Å². The Morgan fingerprint density at radius 1 is 1.15 bits per heavy atom. The molecular weight excluding hydrogens is 364 g/mol. The summed E-state index contributed by atoms with van der Waals surface area (Å²) in [4.78, 5) is 14.4. The van der Waals surface area contributed by atoms with Gasteiger partial charge in [0.25, 0.3) is 10.0 Å². The molecule has 0 atom stereocenters. The largest absolute Gasteiger partial charge is 0.477 e. The average molecular weight is 386 g/mol. The first-order chi connectivity index (χ1) is 12.7. The molecule has 0 amide bonds. The SMILES string of the molecule is Cc1ccc2[nH]c(C(=O)O)c(NS(=O)(=O)c3ccc(CC(C)C)cc3)c2c1. The molecule has 0 radical (unpaired) electrons. The molecule has 3 aromatic rings. The van der Waals surface area contributed by atoms with E-state index < -0.39 is 16.0 Å². The van der Waals surface area contributed by atoms with E-state index in [-0.39, 0.29) is 16.3 Å². The Morgan fingerprint density at radius 2 is 1.81 bits per heavy atom. The van der Waals surface area contributed by atoms with Crippen molar-refractivity contribution in [2.24, 2.45) is 5.92 Å². The first kappa shape index (κ1) is 19.0. The van der Waals surface area contributed by atoms with E-state index in [1.807, 2.05) is 13.0 Å². The van der Waals surface area contributed by atoms with Crippen LogP contribution < -0.4 is 4.72 Å². The van der Waals surface area contributed by atoms with Crippen LogP contribution >= 0.6 is 0 Å². The summed E-state index contributed by atoms with van der Waals surface area (Å²) in [5, 5.41) is 9.98. The molecule has 1 aromatic heterocycles. The Hall–Kier alpha value is -2.80. The minimum atomic E-state index is -3.92. The van der Waals surface area contributed by atoms with Gasteiger partial charge in [0.05, 0.1) is 10.6 Å². The summed E-state index contributed by atoms with van der Waals surface area (Å²) in [6, 6.07) is 12.0. The molecule has 0 saturated heterocycles. The maximum absolute atomic E-state index is 12.8. The van der Waals surface area contributed by atoms with Crippen molar-refractivity contribution in [2.45, 2.75) is 32.1 Å². The maximum atomic E-state index is 12.8. The van der Waals surface area contributed by atoms with Gasteiger partial charge < -0.3 is 10.1 Å². The zero-order valence-electron chi connectivity index (χ0n) is 15.4. The van der Waals surface area contributed by atoms with Crippen LogP contribution in [0, 0.1) is 12.8 Å². The van der Waals surface area contributed by atoms with Crippen molar-refractivity contribution >= 4 is 32.6 Å². The first-order valence-electron chi connectivity index (χ1n) is 8.65. The van der Waals surface area contributed by atoms with Crippen LogP contribution in [0.15, 0.2) is 47.4 Å². The minimum absolute atomic E-state index is 0.0486. The lowest BCUT2D eigenvalue weighted by molar-refractivity contribution is 0.0692. The van der Waals surface area contributed by atoms with Crippen molar-refractivity contribution in [3.05, 3.63) is 59.3 Å². The van der Waals surface area contributed by atoms with Crippen LogP contribution in [0.25, 0.3) is 10.9 Å². The fraction of sp³-hybridized carbons (Fsp3) is 0.250. The first-order valence-corrected chi connectivity index (χ1v) is 10.1. The summed E-state index contributed by atoms with van der Waals surface area (Å²) >= 11 is 0. The van der Waals surface area contributed by atoms with E-state index in [0.717, 1.165) is 17.5 Å². The van der Waals surface area contributed by atoms with Crippen LogP contribution in [0.3, 0.4) is 0 Å². The van der Waals surface area contributed by atoms with Crippen LogP contribution in [0.1, 0.15) is 35.5 Å². The Labute approximate surface area is 158 Å². The number of aromatic carboxylic acids is 1.